The van der Waals surface area contributed by atoms with Gasteiger partial charge in [0.2, 0.25) is 23.6 Å². The van der Waals surface area contributed by atoms with E-state index >= 15 is 0 Å². The second-order valence-corrected chi connectivity index (χ2v) is 18.6. The lowest BCUT2D eigenvalue weighted by Crippen LogP contribution is -2.59. The first-order chi connectivity index (χ1) is 31.7. The number of ether oxygens (including phenoxy) is 1. The van der Waals surface area contributed by atoms with Crippen molar-refractivity contribution < 1.29 is 28.7 Å². The van der Waals surface area contributed by atoms with Gasteiger partial charge in [0, 0.05) is 38.6 Å². The average Bonchev–Trinajstić information content (AvgIpc) is 4.03. The molecule has 0 unspecified atom stereocenters. The molecule has 0 bridgehead atoms. The second-order valence-electron chi connectivity index (χ2n) is 17.6. The van der Waals surface area contributed by atoms with E-state index in [2.05, 4.69) is 31.5 Å². The zero-order valence-corrected chi connectivity index (χ0v) is 38.7. The van der Waals surface area contributed by atoms with E-state index < -0.39 is 30.1 Å². The van der Waals surface area contributed by atoms with Crippen LogP contribution >= 0.6 is 11.3 Å². The summed E-state index contributed by atoms with van der Waals surface area (Å²) in [4.78, 5) is 78.5. The number of fused-ring (bicyclic) bond motifs is 1. The topological polar surface area (TPSA) is 174 Å². The van der Waals surface area contributed by atoms with Gasteiger partial charge in [-0.05, 0) is 81.7 Å². The Morgan fingerprint density at radius 1 is 0.738 bits per heavy atom. The molecule has 1 saturated carbocycles. The first kappa shape index (κ1) is 47.6. The van der Waals surface area contributed by atoms with Gasteiger partial charge in [-0.25, -0.2) is 4.98 Å². The van der Waals surface area contributed by atoms with E-state index in [0.29, 0.717) is 51.3 Å². The van der Waals surface area contributed by atoms with E-state index in [9.17, 15) is 24.0 Å². The number of hydrogen-bond acceptors (Lipinski definition) is 10. The van der Waals surface area contributed by atoms with Crippen molar-refractivity contribution in [3.05, 3.63) is 95.6 Å². The molecule has 3 heterocycles. The van der Waals surface area contributed by atoms with Crippen LogP contribution in [-0.4, -0.2) is 117 Å². The third-order valence-corrected chi connectivity index (χ3v) is 14.3. The van der Waals surface area contributed by atoms with Crippen LogP contribution in [0.5, 0.6) is 0 Å². The van der Waals surface area contributed by atoms with Crippen LogP contribution < -0.4 is 31.5 Å². The lowest BCUT2D eigenvalue weighted by atomic mass is 9.83. The summed E-state index contributed by atoms with van der Waals surface area (Å²) in [7, 11) is 1.71. The van der Waals surface area contributed by atoms with E-state index in [1.54, 1.807) is 30.2 Å². The number of nitrogens with zero attached hydrogens (tertiary/aromatic N) is 3. The fourth-order valence-electron chi connectivity index (χ4n) is 9.42. The summed E-state index contributed by atoms with van der Waals surface area (Å²) in [5, 5.41) is 16.3. The summed E-state index contributed by atoms with van der Waals surface area (Å²) in [5.41, 5.74) is 3.05. The lowest BCUT2D eigenvalue weighted by Gasteiger charge is -2.36. The van der Waals surface area contributed by atoms with E-state index in [-0.39, 0.29) is 35.5 Å². The molecule has 2 aliphatic heterocycles. The fourth-order valence-corrected chi connectivity index (χ4v) is 10.5. The molecular weight excluding hydrogens is 841 g/mol. The Morgan fingerprint density at radius 3 is 2.06 bits per heavy atom. The zero-order valence-electron chi connectivity index (χ0n) is 37.9. The Balaban J connectivity index is 0.971. The molecule has 2 saturated heterocycles. The Hall–Kier alpha value is -5.38. The second kappa shape index (κ2) is 23.7. The molecule has 5 amide bonds. The molecule has 1 aliphatic carbocycles. The van der Waals surface area contributed by atoms with Crippen molar-refractivity contribution in [1.82, 2.24) is 36.5 Å². The van der Waals surface area contributed by atoms with E-state index in [1.165, 1.54) is 0 Å². The number of amides is 5. The van der Waals surface area contributed by atoms with Gasteiger partial charge in [-0.15, -0.1) is 0 Å². The highest BCUT2D eigenvalue weighted by atomic mass is 32.1. The summed E-state index contributed by atoms with van der Waals surface area (Å²) >= 11 is 1.60. The van der Waals surface area contributed by atoms with Gasteiger partial charge in [0.25, 0.3) is 5.91 Å². The molecule has 65 heavy (non-hydrogen) atoms. The van der Waals surface area contributed by atoms with Gasteiger partial charge < -0.3 is 41.1 Å². The van der Waals surface area contributed by atoms with Crippen molar-refractivity contribution in [1.29, 1.82) is 0 Å². The molecular formula is C50H66N8O6S. The van der Waals surface area contributed by atoms with Crippen molar-refractivity contribution in [2.75, 3.05) is 57.9 Å². The van der Waals surface area contributed by atoms with Crippen LogP contribution in [0.2, 0.25) is 0 Å². The molecule has 4 aromatic rings. The Kier molecular flexibility index (Phi) is 17.3. The molecule has 4 atom stereocenters. The van der Waals surface area contributed by atoms with Crippen molar-refractivity contribution in [2.45, 2.75) is 108 Å². The molecule has 15 heteroatoms. The minimum absolute atomic E-state index is 0.00886. The van der Waals surface area contributed by atoms with Crippen molar-refractivity contribution >= 4 is 56.2 Å². The number of carbonyl (C=O) groups is 5. The highest BCUT2D eigenvalue weighted by molar-refractivity contribution is 7.22. The van der Waals surface area contributed by atoms with Gasteiger partial charge in [-0.3, -0.25) is 24.0 Å². The maximum absolute atomic E-state index is 14.5. The number of rotatable bonds is 20. The smallest absolute Gasteiger partial charge is 0.253 e. The van der Waals surface area contributed by atoms with Gasteiger partial charge in [0.05, 0.1) is 35.0 Å². The maximum Gasteiger partial charge on any atom is 0.253 e. The number of unbranched alkanes of at least 4 members (excludes halogenated alkanes) is 3. The number of carbonyl (C=O) groups excluding carboxylic acids is 5. The number of anilines is 1. The third kappa shape index (κ3) is 12.3. The number of likely N-dealkylation sites (tertiary alicyclic amines) is 1. The summed E-state index contributed by atoms with van der Waals surface area (Å²) in [5.74, 6) is -1.81. The third-order valence-electron chi connectivity index (χ3n) is 13.2. The van der Waals surface area contributed by atoms with Gasteiger partial charge in [0.15, 0.2) is 5.13 Å². The quantitative estimate of drug-likeness (QED) is 0.0716. The average molecular weight is 907 g/mol. The van der Waals surface area contributed by atoms with Crippen LogP contribution in [0.25, 0.3) is 10.2 Å². The predicted octanol–water partition coefficient (Wildman–Crippen LogP) is 5.52. The van der Waals surface area contributed by atoms with Crippen molar-refractivity contribution in [2.24, 2.45) is 5.92 Å². The number of aromatic nitrogens is 1. The van der Waals surface area contributed by atoms with Crippen LogP contribution in [0, 0.1) is 5.92 Å². The van der Waals surface area contributed by atoms with Crippen LogP contribution in [0.15, 0.2) is 78.9 Å². The van der Waals surface area contributed by atoms with Gasteiger partial charge in [-0.2, -0.15) is 0 Å². The van der Waals surface area contributed by atoms with Crippen LogP contribution in [0.4, 0.5) is 5.13 Å². The molecule has 3 aromatic carbocycles. The normalized spacial score (nSPS) is 18.2. The van der Waals surface area contributed by atoms with Gasteiger partial charge in [-0.1, -0.05) is 110 Å². The summed E-state index contributed by atoms with van der Waals surface area (Å²) < 4.78 is 6.48. The van der Waals surface area contributed by atoms with Gasteiger partial charge in [0.1, 0.15) is 18.1 Å². The summed E-state index contributed by atoms with van der Waals surface area (Å²) in [6.45, 7) is 6.01. The van der Waals surface area contributed by atoms with Gasteiger partial charge >= 0.3 is 0 Å². The Labute approximate surface area is 387 Å². The summed E-state index contributed by atoms with van der Waals surface area (Å²) in [6, 6.07) is 22.2. The zero-order chi connectivity index (χ0) is 45.5. The van der Waals surface area contributed by atoms with Crippen molar-refractivity contribution in [3.8, 4) is 0 Å². The molecule has 3 aliphatic rings. The standard InChI is InChI=1S/C50H66N8O6S/c1-34(51-2)45(59)54-42(37-22-12-7-13-23-37)49(63)58-29-17-25-39(58)47(61)55-44(41(35-18-8-5-9-19-35)36-20-10-6-11-21-36)48(62)53-28-15-4-3-14-27-52-46(60)38-24-16-26-40-43(38)56-50(65-40)57-30-32-64-33-31-57/h5-6,8-11,16,18-21,24,26,34,37,39,41-42,44,51H,3-4,7,12-15,17,22-23,25,27-33H2,1-2H3,(H,52,60)(H,53,62)(H,54,59)(H,55,61)/t34-,39-,42-,44-/m0/s1. The fraction of sp³-hybridized carbons (Fsp3) is 0.520. The number of nitrogens with one attached hydrogen (secondary N) is 5. The van der Waals surface area contributed by atoms with E-state index in [1.807, 2.05) is 78.9 Å². The number of para-hydroxylation sites is 1. The predicted molar refractivity (Wildman–Crippen MR) is 255 cm³/mol. The van der Waals surface area contributed by atoms with E-state index in [0.717, 1.165) is 97.4 Å². The number of morpholine rings is 1. The minimum Gasteiger partial charge on any atom is -0.378 e. The minimum atomic E-state index is -0.975. The highest BCUT2D eigenvalue weighted by Crippen LogP contribution is 2.33. The first-order valence-electron chi connectivity index (χ1n) is 23.7. The molecule has 0 radical (unpaired) electrons. The van der Waals surface area contributed by atoms with Crippen LogP contribution in [0.3, 0.4) is 0 Å². The SMILES string of the molecule is CN[C@@H](C)C(=O)N[C@H](C(=O)N1CCC[C@H]1C(=O)N[C@H](C(=O)NCCCCCCNC(=O)c1cccc2sc(N3CCOCC3)nc12)C(c1ccccc1)c1ccccc1)C1CCCCC1. The highest BCUT2D eigenvalue weighted by Gasteiger charge is 2.43. The monoisotopic (exact) mass is 906 g/mol. The number of thiazole rings is 1. The largest absolute Gasteiger partial charge is 0.378 e. The molecule has 1 aromatic heterocycles. The number of hydrogen-bond donors (Lipinski definition) is 5. The Bertz CT molecular complexity index is 2160. The van der Waals surface area contributed by atoms with Crippen LogP contribution in [0.1, 0.15) is 105 Å². The molecule has 5 N–H and O–H groups in total. The molecule has 14 nitrogen and oxygen atoms in total. The first-order valence-corrected chi connectivity index (χ1v) is 24.5. The number of benzene rings is 3. The Morgan fingerprint density at radius 2 is 1.40 bits per heavy atom. The number of likely N-dealkylation sites (N-methyl/N-ethyl adjacent to an activating group) is 1. The lowest BCUT2D eigenvalue weighted by molar-refractivity contribution is -0.143. The molecule has 7 rings (SSSR count). The van der Waals surface area contributed by atoms with E-state index in [4.69, 9.17) is 9.72 Å². The molecule has 3 fully saturated rings. The molecule has 0 spiro atoms. The maximum atomic E-state index is 14.5. The molecule has 348 valence electrons. The summed E-state index contributed by atoms with van der Waals surface area (Å²) in [6.07, 6.45) is 9.06. The van der Waals surface area contributed by atoms with Crippen molar-refractivity contribution in [3.63, 3.8) is 0 Å². The van der Waals surface area contributed by atoms with Crippen LogP contribution in [-0.2, 0) is 23.9 Å².